The first-order valence-electron chi connectivity index (χ1n) is 4.59. The van der Waals surface area contributed by atoms with Gasteiger partial charge in [-0.3, -0.25) is 9.59 Å². The number of ether oxygens (including phenoxy) is 1. The van der Waals surface area contributed by atoms with Gasteiger partial charge in [-0.25, -0.2) is 0 Å². The van der Waals surface area contributed by atoms with E-state index in [4.69, 9.17) is 14.9 Å². The molecular formula is C11H9NO4. The third-order valence-corrected chi connectivity index (χ3v) is 2.01. The molecule has 0 spiro atoms. The molecule has 0 aliphatic carbocycles. The van der Waals surface area contributed by atoms with E-state index in [9.17, 15) is 9.59 Å². The quantitative estimate of drug-likeness (QED) is 0.821. The van der Waals surface area contributed by atoms with Crippen molar-refractivity contribution in [3.8, 4) is 5.75 Å². The Morgan fingerprint density at radius 2 is 2.19 bits per heavy atom. The summed E-state index contributed by atoms with van der Waals surface area (Å²) in [7, 11) is 0. The second-order valence-electron chi connectivity index (χ2n) is 3.20. The van der Waals surface area contributed by atoms with Crippen molar-refractivity contribution in [2.24, 2.45) is 5.73 Å². The van der Waals surface area contributed by atoms with Crippen molar-refractivity contribution in [3.05, 3.63) is 40.8 Å². The van der Waals surface area contributed by atoms with Gasteiger partial charge in [0, 0.05) is 12.1 Å². The lowest BCUT2D eigenvalue weighted by molar-refractivity contribution is -0.119. The summed E-state index contributed by atoms with van der Waals surface area (Å²) in [6.07, 6.45) is 1.31. The number of primary amides is 1. The molecule has 0 atom stereocenters. The third-order valence-electron chi connectivity index (χ3n) is 2.01. The standard InChI is InChI=1S/C11H9NO4/c12-11(14)6-16-7-1-2-8-9(13)3-4-15-10(8)5-7/h1-5H,6H2,(H2,12,14). The normalized spacial score (nSPS) is 10.2. The molecule has 0 saturated carbocycles. The van der Waals surface area contributed by atoms with Gasteiger partial charge in [0.25, 0.3) is 5.91 Å². The first-order valence-corrected chi connectivity index (χ1v) is 4.59. The van der Waals surface area contributed by atoms with E-state index in [1.807, 2.05) is 0 Å². The summed E-state index contributed by atoms with van der Waals surface area (Å²) in [5.41, 5.74) is 5.23. The van der Waals surface area contributed by atoms with Crippen LogP contribution in [0.2, 0.25) is 0 Å². The van der Waals surface area contributed by atoms with E-state index in [-0.39, 0.29) is 12.0 Å². The molecule has 82 valence electrons. The van der Waals surface area contributed by atoms with Crippen molar-refractivity contribution in [1.29, 1.82) is 0 Å². The highest BCUT2D eigenvalue weighted by molar-refractivity contribution is 5.78. The SMILES string of the molecule is NC(=O)COc1ccc2c(=O)ccoc2c1. The van der Waals surface area contributed by atoms with Crippen molar-refractivity contribution in [2.45, 2.75) is 0 Å². The summed E-state index contributed by atoms with van der Waals surface area (Å²) in [5.74, 6) is -0.129. The molecule has 0 bridgehead atoms. The van der Waals surface area contributed by atoms with Crippen LogP contribution in [0, 0.1) is 0 Å². The van der Waals surface area contributed by atoms with Crippen molar-refractivity contribution < 1.29 is 13.9 Å². The molecule has 0 radical (unpaired) electrons. The molecule has 1 heterocycles. The molecule has 2 N–H and O–H groups in total. The lowest BCUT2D eigenvalue weighted by atomic mass is 10.2. The van der Waals surface area contributed by atoms with Crippen LogP contribution in [0.15, 0.2) is 39.7 Å². The van der Waals surface area contributed by atoms with Gasteiger partial charge < -0.3 is 14.9 Å². The van der Waals surface area contributed by atoms with Crippen molar-refractivity contribution in [2.75, 3.05) is 6.61 Å². The average molecular weight is 219 g/mol. The fourth-order valence-corrected chi connectivity index (χ4v) is 1.31. The van der Waals surface area contributed by atoms with Crippen molar-refractivity contribution in [1.82, 2.24) is 0 Å². The van der Waals surface area contributed by atoms with E-state index < -0.39 is 5.91 Å². The van der Waals surface area contributed by atoms with Crippen LogP contribution in [0.1, 0.15) is 0 Å². The summed E-state index contributed by atoms with van der Waals surface area (Å²) in [6.45, 7) is -0.206. The monoisotopic (exact) mass is 219 g/mol. The number of carbonyl (C=O) groups is 1. The Morgan fingerprint density at radius 1 is 1.38 bits per heavy atom. The zero-order chi connectivity index (χ0) is 11.5. The van der Waals surface area contributed by atoms with Gasteiger partial charge in [0.2, 0.25) is 0 Å². The molecule has 5 heteroatoms. The minimum Gasteiger partial charge on any atom is -0.484 e. The Labute approximate surface area is 90.4 Å². The molecule has 0 aliphatic rings. The Kier molecular flexibility index (Phi) is 2.59. The predicted octanol–water partition coefficient (Wildman–Crippen LogP) is 0.657. The fourth-order valence-electron chi connectivity index (χ4n) is 1.31. The number of nitrogens with two attached hydrogens (primary N) is 1. The smallest absolute Gasteiger partial charge is 0.255 e. The lowest BCUT2D eigenvalue weighted by Gasteiger charge is -2.03. The predicted molar refractivity (Wildman–Crippen MR) is 57.2 cm³/mol. The van der Waals surface area contributed by atoms with Crippen LogP contribution < -0.4 is 15.9 Å². The summed E-state index contributed by atoms with van der Waals surface area (Å²) < 4.78 is 10.2. The molecule has 5 nitrogen and oxygen atoms in total. The van der Waals surface area contributed by atoms with Gasteiger partial charge >= 0.3 is 0 Å². The van der Waals surface area contributed by atoms with E-state index >= 15 is 0 Å². The van der Waals surface area contributed by atoms with Gasteiger partial charge in [-0.2, -0.15) is 0 Å². The number of hydrogen-bond acceptors (Lipinski definition) is 4. The summed E-state index contributed by atoms with van der Waals surface area (Å²) in [6, 6.07) is 6.05. The summed E-state index contributed by atoms with van der Waals surface area (Å²) in [4.78, 5) is 21.9. The summed E-state index contributed by atoms with van der Waals surface area (Å²) in [5, 5.41) is 0.467. The third kappa shape index (κ3) is 2.03. The molecule has 1 aromatic heterocycles. The number of carbonyl (C=O) groups excluding carboxylic acids is 1. The van der Waals surface area contributed by atoms with Gasteiger partial charge in [0.15, 0.2) is 12.0 Å². The van der Waals surface area contributed by atoms with Crippen LogP contribution >= 0.6 is 0 Å². The van der Waals surface area contributed by atoms with Gasteiger partial charge in [-0.1, -0.05) is 0 Å². The lowest BCUT2D eigenvalue weighted by Crippen LogP contribution is -2.20. The number of fused-ring (bicyclic) bond motifs is 1. The van der Waals surface area contributed by atoms with Gasteiger partial charge in [0.1, 0.15) is 11.3 Å². The zero-order valence-corrected chi connectivity index (χ0v) is 8.30. The Hall–Kier alpha value is -2.30. The molecule has 0 saturated heterocycles. The molecule has 1 aromatic carbocycles. The first kappa shape index (κ1) is 10.2. The average Bonchev–Trinajstić information content (AvgIpc) is 2.26. The molecule has 2 aromatic rings. The highest BCUT2D eigenvalue weighted by Crippen LogP contribution is 2.17. The first-order chi connectivity index (χ1) is 7.66. The zero-order valence-electron chi connectivity index (χ0n) is 8.30. The van der Waals surface area contributed by atoms with Crippen LogP contribution in [-0.2, 0) is 4.79 Å². The molecule has 0 fully saturated rings. The van der Waals surface area contributed by atoms with E-state index in [2.05, 4.69) is 0 Å². The van der Waals surface area contributed by atoms with Crippen LogP contribution in [0.5, 0.6) is 5.75 Å². The highest BCUT2D eigenvalue weighted by atomic mass is 16.5. The molecule has 1 amide bonds. The Balaban J connectivity index is 2.37. The van der Waals surface area contributed by atoms with E-state index in [0.717, 1.165) is 0 Å². The fraction of sp³-hybridized carbons (Fsp3) is 0.0909. The van der Waals surface area contributed by atoms with Crippen LogP contribution in [0.4, 0.5) is 0 Å². The largest absolute Gasteiger partial charge is 0.484 e. The second kappa shape index (κ2) is 4.06. The second-order valence-corrected chi connectivity index (χ2v) is 3.20. The van der Waals surface area contributed by atoms with Crippen LogP contribution in [0.25, 0.3) is 11.0 Å². The van der Waals surface area contributed by atoms with Crippen LogP contribution in [0.3, 0.4) is 0 Å². The van der Waals surface area contributed by atoms with Crippen molar-refractivity contribution in [3.63, 3.8) is 0 Å². The number of benzene rings is 1. The van der Waals surface area contributed by atoms with Crippen molar-refractivity contribution >= 4 is 16.9 Å². The maximum Gasteiger partial charge on any atom is 0.255 e. The maximum atomic E-state index is 11.4. The molecule has 2 rings (SSSR count). The van der Waals surface area contributed by atoms with Crippen LogP contribution in [-0.4, -0.2) is 12.5 Å². The van der Waals surface area contributed by atoms with E-state index in [1.165, 1.54) is 12.3 Å². The Bertz CT molecular complexity index is 588. The number of hydrogen-bond donors (Lipinski definition) is 1. The molecular weight excluding hydrogens is 210 g/mol. The molecule has 0 unspecified atom stereocenters. The van der Waals surface area contributed by atoms with Gasteiger partial charge in [-0.05, 0) is 12.1 Å². The number of amides is 1. The van der Waals surface area contributed by atoms with E-state index in [1.54, 1.807) is 18.2 Å². The van der Waals surface area contributed by atoms with Gasteiger partial charge in [0.05, 0.1) is 11.6 Å². The highest BCUT2D eigenvalue weighted by Gasteiger charge is 2.03. The molecule has 16 heavy (non-hydrogen) atoms. The minimum atomic E-state index is -0.561. The topological polar surface area (TPSA) is 82.5 Å². The number of rotatable bonds is 3. The molecule has 0 aliphatic heterocycles. The van der Waals surface area contributed by atoms with Gasteiger partial charge in [-0.15, -0.1) is 0 Å². The Morgan fingerprint density at radius 3 is 2.94 bits per heavy atom. The maximum absolute atomic E-state index is 11.4. The van der Waals surface area contributed by atoms with E-state index in [0.29, 0.717) is 16.7 Å². The minimum absolute atomic E-state index is 0.122. The summed E-state index contributed by atoms with van der Waals surface area (Å²) >= 11 is 0.